The molecule has 0 bridgehead atoms. The fourth-order valence-corrected chi connectivity index (χ4v) is 2.45. The van der Waals surface area contributed by atoms with Crippen molar-refractivity contribution in [1.82, 2.24) is 5.43 Å². The highest BCUT2D eigenvalue weighted by molar-refractivity contribution is 6.30. The van der Waals surface area contributed by atoms with Crippen molar-refractivity contribution in [2.45, 2.75) is 6.61 Å². The molecule has 0 aliphatic rings. The lowest BCUT2D eigenvalue weighted by atomic mass is 10.2. The first-order valence-electron chi connectivity index (χ1n) is 8.45. The molecule has 0 atom stereocenters. The van der Waals surface area contributed by atoms with Gasteiger partial charge in [-0.3, -0.25) is 4.79 Å². The molecule has 0 fully saturated rings. The number of carbonyl (C=O) groups excluding carboxylic acids is 1. The molecule has 5 nitrogen and oxygen atoms in total. The van der Waals surface area contributed by atoms with Gasteiger partial charge in [-0.2, -0.15) is 10.4 Å². The lowest BCUT2D eigenvalue weighted by Crippen LogP contribution is -2.17. The number of nitriles is 1. The summed E-state index contributed by atoms with van der Waals surface area (Å²) in [4.78, 5) is 12.1. The Morgan fingerprint density at radius 3 is 2.36 bits per heavy atom. The number of ether oxygens (including phenoxy) is 1. The second-order valence-corrected chi connectivity index (χ2v) is 6.31. The highest BCUT2D eigenvalue weighted by atomic mass is 35.5. The van der Waals surface area contributed by atoms with Crippen LogP contribution in [0.1, 0.15) is 27.0 Å². The maximum atomic E-state index is 12.1. The molecule has 1 N–H and O–H groups in total. The van der Waals surface area contributed by atoms with E-state index in [1.54, 1.807) is 48.5 Å². The lowest BCUT2D eigenvalue weighted by molar-refractivity contribution is 0.0955. The summed E-state index contributed by atoms with van der Waals surface area (Å²) in [7, 11) is 0. The quantitative estimate of drug-likeness (QED) is 0.496. The smallest absolute Gasteiger partial charge is 0.271 e. The number of carbonyl (C=O) groups is 1. The van der Waals surface area contributed by atoms with E-state index < -0.39 is 0 Å². The van der Waals surface area contributed by atoms with Gasteiger partial charge in [-0.1, -0.05) is 35.9 Å². The third-order valence-corrected chi connectivity index (χ3v) is 4.11. The Labute approximate surface area is 167 Å². The van der Waals surface area contributed by atoms with E-state index in [0.29, 0.717) is 28.5 Å². The van der Waals surface area contributed by atoms with Crippen molar-refractivity contribution in [2.24, 2.45) is 5.10 Å². The van der Waals surface area contributed by atoms with Gasteiger partial charge in [0.1, 0.15) is 12.4 Å². The Morgan fingerprint density at radius 2 is 1.71 bits per heavy atom. The van der Waals surface area contributed by atoms with Gasteiger partial charge in [0.25, 0.3) is 5.91 Å². The van der Waals surface area contributed by atoms with E-state index >= 15 is 0 Å². The molecule has 3 rings (SSSR count). The van der Waals surface area contributed by atoms with Crippen LogP contribution >= 0.6 is 11.6 Å². The SMILES string of the molecule is N#Cc1ccc(/C=N\NC(=O)c2ccc(OCc3ccc(Cl)cc3)cc2)cc1. The normalized spacial score (nSPS) is 10.4. The standard InChI is InChI=1S/C22H16ClN3O2/c23-20-9-5-18(6-10-20)15-28-21-11-7-19(8-12-21)22(27)26-25-14-17-3-1-16(13-24)2-4-17/h1-12,14H,15H2,(H,26,27)/b25-14-. The van der Waals surface area contributed by atoms with Crippen molar-refractivity contribution < 1.29 is 9.53 Å². The number of amides is 1. The van der Waals surface area contributed by atoms with Gasteiger partial charge in [0.15, 0.2) is 0 Å². The van der Waals surface area contributed by atoms with Crippen LogP contribution < -0.4 is 10.2 Å². The van der Waals surface area contributed by atoms with Gasteiger partial charge < -0.3 is 4.74 Å². The summed E-state index contributed by atoms with van der Waals surface area (Å²) in [5.74, 6) is 0.335. The first-order chi connectivity index (χ1) is 13.6. The number of halogens is 1. The summed E-state index contributed by atoms with van der Waals surface area (Å²) in [6.45, 7) is 0.414. The highest BCUT2D eigenvalue weighted by Gasteiger charge is 2.04. The van der Waals surface area contributed by atoms with E-state index in [2.05, 4.69) is 10.5 Å². The van der Waals surface area contributed by atoms with Crippen LogP contribution in [0.15, 0.2) is 77.9 Å². The van der Waals surface area contributed by atoms with Gasteiger partial charge in [-0.25, -0.2) is 5.43 Å². The minimum absolute atomic E-state index is 0.325. The third-order valence-electron chi connectivity index (χ3n) is 3.85. The Hall–Kier alpha value is -3.62. The average molecular weight is 390 g/mol. The number of nitrogens with zero attached hydrogens (tertiary/aromatic N) is 2. The molecule has 0 unspecified atom stereocenters. The summed E-state index contributed by atoms with van der Waals surface area (Å²) in [5.41, 5.74) is 5.29. The van der Waals surface area contributed by atoms with E-state index in [1.165, 1.54) is 6.21 Å². The average Bonchev–Trinajstić information content (AvgIpc) is 2.74. The highest BCUT2D eigenvalue weighted by Crippen LogP contribution is 2.15. The second-order valence-electron chi connectivity index (χ2n) is 5.87. The number of rotatable bonds is 6. The number of nitrogens with one attached hydrogen (secondary N) is 1. The van der Waals surface area contributed by atoms with Crippen LogP contribution in [-0.4, -0.2) is 12.1 Å². The zero-order chi connectivity index (χ0) is 19.8. The molecule has 0 aromatic heterocycles. The largest absolute Gasteiger partial charge is 0.489 e. The fourth-order valence-electron chi connectivity index (χ4n) is 2.32. The van der Waals surface area contributed by atoms with E-state index in [1.807, 2.05) is 30.3 Å². The molecule has 0 aliphatic heterocycles. The molecule has 0 radical (unpaired) electrons. The molecular weight excluding hydrogens is 374 g/mol. The van der Waals surface area contributed by atoms with Crippen molar-refractivity contribution in [3.63, 3.8) is 0 Å². The van der Waals surface area contributed by atoms with E-state index in [4.69, 9.17) is 21.6 Å². The van der Waals surface area contributed by atoms with Crippen molar-refractivity contribution >= 4 is 23.7 Å². The van der Waals surface area contributed by atoms with Gasteiger partial charge in [0.05, 0.1) is 17.8 Å². The van der Waals surface area contributed by atoms with E-state index in [0.717, 1.165) is 11.1 Å². The molecule has 0 saturated carbocycles. The zero-order valence-electron chi connectivity index (χ0n) is 14.8. The molecule has 6 heteroatoms. The first kappa shape index (κ1) is 19.2. The molecular formula is C22H16ClN3O2. The monoisotopic (exact) mass is 389 g/mol. The fraction of sp³-hybridized carbons (Fsp3) is 0.0455. The molecule has 138 valence electrons. The summed E-state index contributed by atoms with van der Waals surface area (Å²) in [6.07, 6.45) is 1.52. The van der Waals surface area contributed by atoms with Crippen LogP contribution in [0, 0.1) is 11.3 Å². The van der Waals surface area contributed by atoms with Crippen LogP contribution in [0.5, 0.6) is 5.75 Å². The third kappa shape index (κ3) is 5.44. The van der Waals surface area contributed by atoms with Crippen LogP contribution in [-0.2, 0) is 6.61 Å². The van der Waals surface area contributed by atoms with Gasteiger partial charge in [-0.15, -0.1) is 0 Å². The predicted molar refractivity (Wildman–Crippen MR) is 108 cm³/mol. The topological polar surface area (TPSA) is 74.5 Å². The maximum Gasteiger partial charge on any atom is 0.271 e. The van der Waals surface area contributed by atoms with Crippen molar-refractivity contribution in [3.8, 4) is 11.8 Å². The molecule has 0 saturated heterocycles. The Bertz CT molecular complexity index is 1010. The Morgan fingerprint density at radius 1 is 1.04 bits per heavy atom. The molecule has 0 spiro atoms. The molecule has 28 heavy (non-hydrogen) atoms. The Balaban J connectivity index is 1.52. The summed E-state index contributed by atoms with van der Waals surface area (Å²) in [6, 6.07) is 23.1. The van der Waals surface area contributed by atoms with Gasteiger partial charge in [0.2, 0.25) is 0 Å². The number of hydrogen-bond acceptors (Lipinski definition) is 4. The number of benzene rings is 3. The molecule has 3 aromatic carbocycles. The zero-order valence-corrected chi connectivity index (χ0v) is 15.6. The minimum atomic E-state index is -0.325. The van der Waals surface area contributed by atoms with E-state index in [9.17, 15) is 4.79 Å². The second kappa shape index (κ2) is 9.36. The summed E-state index contributed by atoms with van der Waals surface area (Å²) >= 11 is 5.86. The molecule has 3 aromatic rings. The Kier molecular flexibility index (Phi) is 6.40. The maximum absolute atomic E-state index is 12.1. The van der Waals surface area contributed by atoms with Crippen LogP contribution in [0.4, 0.5) is 0 Å². The van der Waals surface area contributed by atoms with E-state index in [-0.39, 0.29) is 5.91 Å². The van der Waals surface area contributed by atoms with Gasteiger partial charge in [-0.05, 0) is 59.7 Å². The van der Waals surface area contributed by atoms with Crippen molar-refractivity contribution in [2.75, 3.05) is 0 Å². The molecule has 0 heterocycles. The summed E-state index contributed by atoms with van der Waals surface area (Å²) < 4.78 is 5.70. The molecule has 1 amide bonds. The van der Waals surface area contributed by atoms with Crippen molar-refractivity contribution in [1.29, 1.82) is 5.26 Å². The van der Waals surface area contributed by atoms with Crippen LogP contribution in [0.2, 0.25) is 5.02 Å². The molecule has 0 aliphatic carbocycles. The first-order valence-corrected chi connectivity index (χ1v) is 8.83. The summed E-state index contributed by atoms with van der Waals surface area (Å²) in [5, 5.41) is 13.4. The van der Waals surface area contributed by atoms with Crippen LogP contribution in [0.3, 0.4) is 0 Å². The van der Waals surface area contributed by atoms with Crippen molar-refractivity contribution in [3.05, 3.63) is 100 Å². The van der Waals surface area contributed by atoms with Gasteiger partial charge in [0, 0.05) is 10.6 Å². The minimum Gasteiger partial charge on any atom is -0.489 e. The van der Waals surface area contributed by atoms with Crippen LogP contribution in [0.25, 0.3) is 0 Å². The predicted octanol–water partition coefficient (Wildman–Crippen LogP) is 4.55. The number of hydrogen-bond donors (Lipinski definition) is 1. The lowest BCUT2D eigenvalue weighted by Gasteiger charge is -2.07. The number of hydrazone groups is 1. The van der Waals surface area contributed by atoms with Gasteiger partial charge >= 0.3 is 0 Å².